The number of pyridine rings is 1. The molecule has 1 aromatic heterocycles. The summed E-state index contributed by atoms with van der Waals surface area (Å²) in [5, 5.41) is 5.79. The molecule has 0 saturated carbocycles. The third-order valence-corrected chi connectivity index (χ3v) is 3.99. The average molecular weight is 379 g/mol. The molecule has 1 amide bonds. The number of nitrogens with zero attached hydrogens (tertiary/aromatic N) is 1. The Hall–Kier alpha value is -3.74. The Labute approximate surface area is 161 Å². The fourth-order valence-corrected chi connectivity index (χ4v) is 2.53. The van der Waals surface area contributed by atoms with Crippen LogP contribution >= 0.6 is 0 Å². The number of aromatic nitrogens is 1. The maximum Gasteiger partial charge on any atom is 0.337 e. The molecule has 0 aliphatic carbocycles. The number of halogens is 1. The minimum absolute atomic E-state index is 0.0815. The number of ether oxygens (including phenoxy) is 1. The van der Waals surface area contributed by atoms with E-state index in [0.717, 1.165) is 5.69 Å². The van der Waals surface area contributed by atoms with Gasteiger partial charge in [-0.2, -0.15) is 0 Å². The molecule has 3 rings (SSSR count). The van der Waals surface area contributed by atoms with Crippen LogP contribution in [0.5, 0.6) is 0 Å². The van der Waals surface area contributed by atoms with E-state index in [1.165, 1.54) is 19.4 Å². The van der Waals surface area contributed by atoms with Crippen molar-refractivity contribution < 1.29 is 18.7 Å². The van der Waals surface area contributed by atoms with Gasteiger partial charge in [0.2, 0.25) is 0 Å². The summed E-state index contributed by atoms with van der Waals surface area (Å²) in [6.07, 6.45) is 3.00. The highest BCUT2D eigenvalue weighted by Crippen LogP contribution is 2.18. The predicted molar refractivity (Wildman–Crippen MR) is 103 cm³/mol. The Morgan fingerprint density at radius 1 is 1.00 bits per heavy atom. The first-order valence-corrected chi connectivity index (χ1v) is 8.49. The van der Waals surface area contributed by atoms with Crippen LogP contribution < -0.4 is 10.6 Å². The molecule has 0 bridgehead atoms. The number of carbonyl (C=O) groups excluding carboxylic acids is 2. The number of hydrogen-bond acceptors (Lipinski definition) is 5. The number of carbonyl (C=O) groups is 2. The number of anilines is 2. The first kappa shape index (κ1) is 19.0. The van der Waals surface area contributed by atoms with Crippen molar-refractivity contribution in [3.8, 4) is 0 Å². The summed E-state index contributed by atoms with van der Waals surface area (Å²) in [7, 11) is 1.32. The second kappa shape index (κ2) is 8.77. The van der Waals surface area contributed by atoms with Crippen LogP contribution in [0.4, 0.5) is 15.8 Å². The Kier molecular flexibility index (Phi) is 5.96. The van der Waals surface area contributed by atoms with E-state index in [2.05, 4.69) is 20.4 Å². The number of amides is 1. The highest BCUT2D eigenvalue weighted by Gasteiger charge is 2.09. The first-order chi connectivity index (χ1) is 13.6. The van der Waals surface area contributed by atoms with Gasteiger partial charge in [0.25, 0.3) is 5.91 Å². The molecule has 0 aliphatic heterocycles. The summed E-state index contributed by atoms with van der Waals surface area (Å²) in [5.74, 6) is -1.14. The van der Waals surface area contributed by atoms with Gasteiger partial charge in [0.05, 0.1) is 30.1 Å². The summed E-state index contributed by atoms with van der Waals surface area (Å²) < 4.78 is 18.3. The molecule has 0 unspecified atom stereocenters. The Bertz CT molecular complexity index is 990. The third-order valence-electron chi connectivity index (χ3n) is 3.99. The fourth-order valence-electron chi connectivity index (χ4n) is 2.53. The van der Waals surface area contributed by atoms with Crippen LogP contribution in [-0.4, -0.2) is 24.0 Å². The predicted octanol–water partition coefficient (Wildman–Crippen LogP) is 3.68. The van der Waals surface area contributed by atoms with Gasteiger partial charge in [-0.1, -0.05) is 18.2 Å². The third kappa shape index (κ3) is 4.70. The van der Waals surface area contributed by atoms with Crippen molar-refractivity contribution >= 4 is 23.3 Å². The second-order valence-electron chi connectivity index (χ2n) is 5.93. The quantitative estimate of drug-likeness (QED) is 0.639. The SMILES string of the molecule is COC(=O)c1ccc(Nc2cncc(C(=O)NCc3ccccc3F)c2)cc1. The summed E-state index contributed by atoms with van der Waals surface area (Å²) in [5.41, 5.74) is 2.51. The molecule has 0 fully saturated rings. The van der Waals surface area contributed by atoms with E-state index in [0.29, 0.717) is 22.4 Å². The lowest BCUT2D eigenvalue weighted by Crippen LogP contribution is -2.23. The first-order valence-electron chi connectivity index (χ1n) is 8.49. The summed E-state index contributed by atoms with van der Waals surface area (Å²) in [6.45, 7) is 0.0815. The molecule has 2 N–H and O–H groups in total. The van der Waals surface area contributed by atoms with Crippen molar-refractivity contribution in [2.45, 2.75) is 6.54 Å². The zero-order chi connectivity index (χ0) is 19.9. The Balaban J connectivity index is 1.65. The minimum Gasteiger partial charge on any atom is -0.465 e. The average Bonchev–Trinajstić information content (AvgIpc) is 2.73. The molecule has 0 saturated heterocycles. The maximum absolute atomic E-state index is 13.6. The fraction of sp³-hybridized carbons (Fsp3) is 0.0952. The van der Waals surface area contributed by atoms with Gasteiger partial charge in [-0.05, 0) is 36.4 Å². The number of hydrogen-bond donors (Lipinski definition) is 2. The molecule has 1 heterocycles. The van der Waals surface area contributed by atoms with E-state index in [1.54, 1.807) is 54.7 Å². The monoisotopic (exact) mass is 379 g/mol. The lowest BCUT2D eigenvalue weighted by Gasteiger charge is -2.09. The lowest BCUT2D eigenvalue weighted by molar-refractivity contribution is 0.0600. The highest BCUT2D eigenvalue weighted by atomic mass is 19.1. The van der Waals surface area contributed by atoms with Gasteiger partial charge < -0.3 is 15.4 Å². The van der Waals surface area contributed by atoms with Crippen molar-refractivity contribution in [2.75, 3.05) is 12.4 Å². The van der Waals surface area contributed by atoms with Crippen molar-refractivity contribution in [1.29, 1.82) is 0 Å². The van der Waals surface area contributed by atoms with Crippen LogP contribution in [0.3, 0.4) is 0 Å². The zero-order valence-electron chi connectivity index (χ0n) is 15.1. The normalized spacial score (nSPS) is 10.2. The van der Waals surface area contributed by atoms with Crippen molar-refractivity contribution in [3.63, 3.8) is 0 Å². The van der Waals surface area contributed by atoms with Crippen LogP contribution in [0.15, 0.2) is 67.0 Å². The van der Waals surface area contributed by atoms with Crippen molar-refractivity contribution in [2.24, 2.45) is 0 Å². The van der Waals surface area contributed by atoms with Gasteiger partial charge in [0.1, 0.15) is 5.82 Å². The molecule has 0 spiro atoms. The number of nitrogens with one attached hydrogen (secondary N) is 2. The summed E-state index contributed by atoms with van der Waals surface area (Å²) >= 11 is 0. The molecule has 7 heteroatoms. The molecule has 0 aliphatic rings. The van der Waals surface area contributed by atoms with E-state index in [4.69, 9.17) is 0 Å². The van der Waals surface area contributed by atoms with Crippen LogP contribution in [0.25, 0.3) is 0 Å². The highest BCUT2D eigenvalue weighted by molar-refractivity contribution is 5.95. The molecular formula is C21H18FN3O3. The zero-order valence-corrected chi connectivity index (χ0v) is 15.1. The van der Waals surface area contributed by atoms with Gasteiger partial charge >= 0.3 is 5.97 Å². The molecule has 6 nitrogen and oxygen atoms in total. The number of benzene rings is 2. The topological polar surface area (TPSA) is 80.3 Å². The van der Waals surface area contributed by atoms with E-state index >= 15 is 0 Å². The molecule has 0 radical (unpaired) electrons. The molecular weight excluding hydrogens is 361 g/mol. The van der Waals surface area contributed by atoms with Gasteiger partial charge in [-0.15, -0.1) is 0 Å². The van der Waals surface area contributed by atoms with E-state index in [1.807, 2.05) is 0 Å². The maximum atomic E-state index is 13.6. The number of esters is 1. The lowest BCUT2D eigenvalue weighted by atomic mass is 10.2. The van der Waals surface area contributed by atoms with E-state index < -0.39 is 5.97 Å². The van der Waals surface area contributed by atoms with Crippen molar-refractivity contribution in [3.05, 3.63) is 89.5 Å². The van der Waals surface area contributed by atoms with Crippen LogP contribution in [0, 0.1) is 5.82 Å². The van der Waals surface area contributed by atoms with Gasteiger partial charge in [-0.25, -0.2) is 9.18 Å². The van der Waals surface area contributed by atoms with Crippen LogP contribution in [-0.2, 0) is 11.3 Å². The standard InChI is InChI=1S/C21H18FN3O3/c1-28-21(27)14-6-8-17(9-7-14)25-18-10-16(11-23-13-18)20(26)24-12-15-4-2-3-5-19(15)22/h2-11,13,25H,12H2,1H3,(H,24,26). The minimum atomic E-state index is -0.415. The second-order valence-corrected chi connectivity index (χ2v) is 5.93. The molecule has 0 atom stereocenters. The van der Waals surface area contributed by atoms with Gasteiger partial charge in [0.15, 0.2) is 0 Å². The largest absolute Gasteiger partial charge is 0.465 e. The van der Waals surface area contributed by atoms with Crippen LogP contribution in [0.2, 0.25) is 0 Å². The Morgan fingerprint density at radius 2 is 1.75 bits per heavy atom. The number of rotatable bonds is 6. The summed E-state index contributed by atoms with van der Waals surface area (Å²) in [6, 6.07) is 14.6. The molecule has 3 aromatic rings. The molecule has 2 aromatic carbocycles. The van der Waals surface area contributed by atoms with Crippen LogP contribution in [0.1, 0.15) is 26.3 Å². The smallest absolute Gasteiger partial charge is 0.337 e. The van der Waals surface area contributed by atoms with E-state index in [9.17, 15) is 14.0 Å². The van der Waals surface area contributed by atoms with Gasteiger partial charge in [-0.3, -0.25) is 9.78 Å². The van der Waals surface area contributed by atoms with E-state index in [-0.39, 0.29) is 18.3 Å². The number of methoxy groups -OCH3 is 1. The summed E-state index contributed by atoms with van der Waals surface area (Å²) in [4.78, 5) is 27.9. The Morgan fingerprint density at radius 3 is 2.46 bits per heavy atom. The van der Waals surface area contributed by atoms with Gasteiger partial charge in [0, 0.05) is 24.0 Å². The molecule has 142 valence electrons. The molecule has 28 heavy (non-hydrogen) atoms. The van der Waals surface area contributed by atoms with Crippen molar-refractivity contribution in [1.82, 2.24) is 10.3 Å².